The second-order valence-corrected chi connectivity index (χ2v) is 6.51. The second-order valence-electron chi connectivity index (χ2n) is 6.51. The third-order valence-corrected chi connectivity index (χ3v) is 4.73. The van der Waals surface area contributed by atoms with E-state index in [0.717, 1.165) is 33.0 Å². The minimum Gasteiger partial charge on any atom is -0.480 e. The monoisotopic (exact) mass is 355 g/mol. The maximum Gasteiger partial charge on any atom is 0.265 e. The summed E-state index contributed by atoms with van der Waals surface area (Å²) in [6, 6.07) is 27.9. The quantitative estimate of drug-likeness (QED) is 0.492. The van der Waals surface area contributed by atoms with Crippen LogP contribution in [0.25, 0.3) is 21.5 Å². The van der Waals surface area contributed by atoms with Crippen LogP contribution in [0.15, 0.2) is 84.9 Å². The van der Waals surface area contributed by atoms with Gasteiger partial charge in [-0.15, -0.1) is 0 Å². The first-order valence-corrected chi connectivity index (χ1v) is 9.19. The molecular weight excluding hydrogens is 334 g/mol. The van der Waals surface area contributed by atoms with Crippen LogP contribution >= 0.6 is 0 Å². The largest absolute Gasteiger partial charge is 0.480 e. The van der Waals surface area contributed by atoms with Gasteiger partial charge < -0.3 is 10.1 Å². The van der Waals surface area contributed by atoms with Gasteiger partial charge in [0.05, 0.1) is 0 Å². The van der Waals surface area contributed by atoms with Crippen molar-refractivity contribution in [1.82, 2.24) is 0 Å². The van der Waals surface area contributed by atoms with Crippen molar-refractivity contribution < 1.29 is 9.53 Å². The van der Waals surface area contributed by atoms with Crippen LogP contribution in [-0.4, -0.2) is 12.0 Å². The number of ether oxygens (including phenoxy) is 1. The van der Waals surface area contributed by atoms with Gasteiger partial charge in [-0.3, -0.25) is 4.79 Å². The van der Waals surface area contributed by atoms with Crippen LogP contribution in [-0.2, 0) is 4.79 Å². The van der Waals surface area contributed by atoms with Crippen LogP contribution in [0.1, 0.15) is 13.3 Å². The Labute approximate surface area is 158 Å². The zero-order valence-corrected chi connectivity index (χ0v) is 15.2. The summed E-state index contributed by atoms with van der Waals surface area (Å²) in [6.07, 6.45) is 0.0228. The van der Waals surface area contributed by atoms with Gasteiger partial charge in [-0.1, -0.05) is 79.7 Å². The summed E-state index contributed by atoms with van der Waals surface area (Å²) in [5.41, 5.74) is 0.804. The van der Waals surface area contributed by atoms with Crippen molar-refractivity contribution in [3.05, 3.63) is 84.9 Å². The molecule has 1 amide bonds. The number of anilines is 1. The maximum atomic E-state index is 12.9. The summed E-state index contributed by atoms with van der Waals surface area (Å²) >= 11 is 0. The van der Waals surface area contributed by atoms with Gasteiger partial charge in [0.2, 0.25) is 0 Å². The molecule has 0 unspecified atom stereocenters. The van der Waals surface area contributed by atoms with E-state index in [9.17, 15) is 4.79 Å². The smallest absolute Gasteiger partial charge is 0.265 e. The normalized spacial score (nSPS) is 12.0. The number of fused-ring (bicyclic) bond motifs is 2. The Kier molecular flexibility index (Phi) is 4.75. The van der Waals surface area contributed by atoms with E-state index in [1.165, 1.54) is 0 Å². The first-order valence-electron chi connectivity index (χ1n) is 9.19. The maximum absolute atomic E-state index is 12.9. The summed E-state index contributed by atoms with van der Waals surface area (Å²) in [4.78, 5) is 12.9. The molecule has 0 aromatic heterocycles. The predicted molar refractivity (Wildman–Crippen MR) is 111 cm³/mol. The first-order chi connectivity index (χ1) is 13.3. The van der Waals surface area contributed by atoms with E-state index in [0.29, 0.717) is 6.42 Å². The fraction of sp³-hybridized carbons (Fsp3) is 0.125. The molecule has 27 heavy (non-hydrogen) atoms. The Morgan fingerprint density at radius 3 is 2.15 bits per heavy atom. The highest BCUT2D eigenvalue weighted by Gasteiger charge is 2.20. The van der Waals surface area contributed by atoms with Gasteiger partial charge in [-0.25, -0.2) is 0 Å². The van der Waals surface area contributed by atoms with Crippen molar-refractivity contribution in [2.75, 3.05) is 5.32 Å². The van der Waals surface area contributed by atoms with Crippen LogP contribution in [0, 0.1) is 0 Å². The number of carbonyl (C=O) groups is 1. The number of nitrogens with one attached hydrogen (secondary N) is 1. The molecule has 0 radical (unpaired) electrons. The van der Waals surface area contributed by atoms with E-state index in [2.05, 4.69) is 5.32 Å². The van der Waals surface area contributed by atoms with Gasteiger partial charge in [0.25, 0.3) is 5.91 Å². The zero-order chi connectivity index (χ0) is 18.6. The molecule has 1 atom stereocenters. The second kappa shape index (κ2) is 7.50. The summed E-state index contributed by atoms with van der Waals surface area (Å²) in [5.74, 6) is 0.592. The molecule has 134 valence electrons. The van der Waals surface area contributed by atoms with E-state index in [1.807, 2.05) is 91.9 Å². The molecule has 0 aliphatic rings. The Hall–Kier alpha value is -3.33. The summed E-state index contributed by atoms with van der Waals surface area (Å²) in [6.45, 7) is 1.96. The highest BCUT2D eigenvalue weighted by Crippen LogP contribution is 2.27. The Bertz CT molecular complexity index is 1090. The number of amides is 1. The topological polar surface area (TPSA) is 38.3 Å². The van der Waals surface area contributed by atoms with Crippen molar-refractivity contribution in [3.8, 4) is 5.75 Å². The molecule has 1 N–H and O–H groups in total. The van der Waals surface area contributed by atoms with Crippen LogP contribution in [0.5, 0.6) is 5.75 Å². The van der Waals surface area contributed by atoms with Crippen molar-refractivity contribution in [2.45, 2.75) is 19.4 Å². The molecule has 4 aromatic rings. The molecule has 4 rings (SSSR count). The Balaban J connectivity index is 1.59. The van der Waals surface area contributed by atoms with E-state index in [1.54, 1.807) is 0 Å². The fourth-order valence-corrected chi connectivity index (χ4v) is 3.32. The summed E-state index contributed by atoms with van der Waals surface area (Å²) < 4.78 is 6.11. The minimum absolute atomic E-state index is 0.137. The fourth-order valence-electron chi connectivity index (χ4n) is 3.32. The summed E-state index contributed by atoms with van der Waals surface area (Å²) in [7, 11) is 0. The molecule has 0 spiro atoms. The predicted octanol–water partition coefficient (Wildman–Crippen LogP) is 5.79. The van der Waals surface area contributed by atoms with Crippen molar-refractivity contribution >= 4 is 33.1 Å². The van der Waals surface area contributed by atoms with Crippen LogP contribution < -0.4 is 10.1 Å². The average Bonchev–Trinajstić information content (AvgIpc) is 2.72. The number of hydrogen-bond donors (Lipinski definition) is 1. The van der Waals surface area contributed by atoms with E-state index in [-0.39, 0.29) is 5.91 Å². The lowest BCUT2D eigenvalue weighted by Gasteiger charge is -2.19. The lowest BCUT2D eigenvalue weighted by atomic mass is 10.1. The van der Waals surface area contributed by atoms with Gasteiger partial charge in [0.15, 0.2) is 6.10 Å². The van der Waals surface area contributed by atoms with E-state index < -0.39 is 6.10 Å². The van der Waals surface area contributed by atoms with Gasteiger partial charge in [0.1, 0.15) is 5.75 Å². The molecule has 0 saturated heterocycles. The molecule has 0 aliphatic heterocycles. The lowest BCUT2D eigenvalue weighted by Crippen LogP contribution is -2.32. The molecule has 3 heteroatoms. The van der Waals surface area contributed by atoms with Gasteiger partial charge in [-0.05, 0) is 29.3 Å². The Morgan fingerprint density at radius 1 is 0.815 bits per heavy atom. The third-order valence-electron chi connectivity index (χ3n) is 4.73. The van der Waals surface area contributed by atoms with Crippen molar-refractivity contribution in [1.29, 1.82) is 0 Å². The van der Waals surface area contributed by atoms with Gasteiger partial charge in [-0.2, -0.15) is 0 Å². The van der Waals surface area contributed by atoms with Crippen LogP contribution in [0.3, 0.4) is 0 Å². The molecule has 0 saturated carbocycles. The standard InChI is InChI=1S/C24H21NO2/c1-2-22(27-23-16-8-12-18-10-4-6-14-20(18)23)24(26)25-21-15-7-11-17-9-3-5-13-19(17)21/h3-16,22H,2H2,1H3,(H,25,26)/t22-/m1/s1. The minimum atomic E-state index is -0.560. The van der Waals surface area contributed by atoms with Crippen molar-refractivity contribution in [3.63, 3.8) is 0 Å². The molecule has 0 bridgehead atoms. The lowest BCUT2D eigenvalue weighted by molar-refractivity contribution is -0.122. The molecule has 0 fully saturated rings. The number of benzene rings is 4. The van der Waals surface area contributed by atoms with Gasteiger partial charge in [0, 0.05) is 16.5 Å². The zero-order valence-electron chi connectivity index (χ0n) is 15.2. The highest BCUT2D eigenvalue weighted by molar-refractivity contribution is 6.03. The highest BCUT2D eigenvalue weighted by atomic mass is 16.5. The molecular formula is C24H21NO2. The number of hydrogen-bond acceptors (Lipinski definition) is 2. The van der Waals surface area contributed by atoms with Crippen molar-refractivity contribution in [2.24, 2.45) is 0 Å². The van der Waals surface area contributed by atoms with Gasteiger partial charge >= 0.3 is 0 Å². The average molecular weight is 355 g/mol. The molecule has 4 aromatic carbocycles. The van der Waals surface area contributed by atoms with Crippen LogP contribution in [0.2, 0.25) is 0 Å². The molecule has 3 nitrogen and oxygen atoms in total. The first kappa shape index (κ1) is 17.1. The van der Waals surface area contributed by atoms with Crippen LogP contribution in [0.4, 0.5) is 5.69 Å². The van der Waals surface area contributed by atoms with E-state index in [4.69, 9.17) is 4.74 Å². The Morgan fingerprint density at radius 2 is 1.41 bits per heavy atom. The molecule has 0 aliphatic carbocycles. The van der Waals surface area contributed by atoms with E-state index >= 15 is 0 Å². The third kappa shape index (κ3) is 3.49. The summed E-state index contributed by atoms with van der Waals surface area (Å²) in [5, 5.41) is 7.26. The SMILES string of the molecule is CC[C@@H](Oc1cccc2ccccc12)C(=O)Nc1cccc2ccccc12. The number of carbonyl (C=O) groups excluding carboxylic acids is 1. The molecule has 0 heterocycles. The number of rotatable bonds is 5.